The van der Waals surface area contributed by atoms with Crippen LogP contribution in [0.1, 0.15) is 16.1 Å². The zero-order chi connectivity index (χ0) is 15.4. The summed E-state index contributed by atoms with van der Waals surface area (Å²) >= 11 is 0. The van der Waals surface area contributed by atoms with E-state index >= 15 is 0 Å². The fraction of sp³-hybridized carbons (Fsp3) is 0.214. The minimum atomic E-state index is -0.439. The first-order valence-corrected chi connectivity index (χ1v) is 6.30. The summed E-state index contributed by atoms with van der Waals surface area (Å²) in [5.74, 6) is -0.677. The van der Waals surface area contributed by atoms with Crippen LogP contribution in [0.2, 0.25) is 0 Å². The molecule has 2 amide bonds. The first-order valence-electron chi connectivity index (χ1n) is 6.30. The molecule has 21 heavy (non-hydrogen) atoms. The van der Waals surface area contributed by atoms with Gasteiger partial charge < -0.3 is 10.6 Å². The molecule has 1 heterocycles. The van der Waals surface area contributed by atoms with Crippen LogP contribution in [-0.4, -0.2) is 28.1 Å². The van der Waals surface area contributed by atoms with Crippen LogP contribution < -0.4 is 10.6 Å². The molecule has 110 valence electrons. The van der Waals surface area contributed by atoms with E-state index in [0.717, 1.165) is 5.69 Å². The van der Waals surface area contributed by atoms with E-state index in [4.69, 9.17) is 0 Å². The number of carbonyl (C=O) groups is 2. The summed E-state index contributed by atoms with van der Waals surface area (Å²) in [6, 6.07) is 6.81. The van der Waals surface area contributed by atoms with Gasteiger partial charge in [-0.1, -0.05) is 0 Å². The van der Waals surface area contributed by atoms with E-state index in [-0.39, 0.29) is 12.5 Å². The number of nitrogens with one attached hydrogen (secondary N) is 2. The number of carbonyl (C=O) groups excluding carboxylic acids is 2. The largest absolute Gasteiger partial charge is 0.343 e. The lowest BCUT2D eigenvalue weighted by molar-refractivity contribution is -0.115. The summed E-state index contributed by atoms with van der Waals surface area (Å²) < 4.78 is 14.3. The van der Waals surface area contributed by atoms with Crippen LogP contribution in [0.5, 0.6) is 0 Å². The van der Waals surface area contributed by atoms with Crippen molar-refractivity contribution in [3.05, 3.63) is 47.4 Å². The summed E-state index contributed by atoms with van der Waals surface area (Å²) in [5, 5.41) is 9.19. The van der Waals surface area contributed by atoms with E-state index in [1.54, 1.807) is 13.1 Å². The van der Waals surface area contributed by atoms with Gasteiger partial charge in [-0.25, -0.2) is 4.39 Å². The molecule has 0 aliphatic heterocycles. The number of anilines is 1. The van der Waals surface area contributed by atoms with Gasteiger partial charge in [0.1, 0.15) is 11.6 Å². The van der Waals surface area contributed by atoms with Gasteiger partial charge in [0.05, 0.1) is 12.2 Å². The van der Waals surface area contributed by atoms with Gasteiger partial charge in [0.15, 0.2) is 0 Å². The van der Waals surface area contributed by atoms with Gasteiger partial charge in [0.25, 0.3) is 5.91 Å². The summed E-state index contributed by atoms with van der Waals surface area (Å²) in [4.78, 5) is 23.5. The summed E-state index contributed by atoms with van der Waals surface area (Å²) in [5.41, 5.74) is 1.07. The maximum absolute atomic E-state index is 12.7. The van der Waals surface area contributed by atoms with Crippen molar-refractivity contribution >= 4 is 17.6 Å². The highest BCUT2D eigenvalue weighted by molar-refractivity contribution is 5.99. The number of halogens is 1. The second kappa shape index (κ2) is 6.17. The molecular formula is C14H15FN4O2. The quantitative estimate of drug-likeness (QED) is 0.889. The summed E-state index contributed by atoms with van der Waals surface area (Å²) in [6.07, 6.45) is 0. The Kier molecular flexibility index (Phi) is 4.32. The van der Waals surface area contributed by atoms with Gasteiger partial charge in [0.2, 0.25) is 5.91 Å². The molecule has 0 bridgehead atoms. The van der Waals surface area contributed by atoms with Crippen molar-refractivity contribution in [2.45, 2.75) is 6.92 Å². The van der Waals surface area contributed by atoms with Gasteiger partial charge in [0, 0.05) is 18.7 Å². The van der Waals surface area contributed by atoms with Gasteiger partial charge in [-0.05, 0) is 31.2 Å². The number of nitrogens with zero attached hydrogens (tertiary/aromatic N) is 2. The van der Waals surface area contributed by atoms with Gasteiger partial charge in [-0.2, -0.15) is 5.10 Å². The van der Waals surface area contributed by atoms with Crippen molar-refractivity contribution in [2.75, 3.05) is 11.9 Å². The van der Waals surface area contributed by atoms with Crippen LogP contribution in [0.4, 0.5) is 10.2 Å². The average Bonchev–Trinajstić information content (AvgIpc) is 2.75. The fourth-order valence-corrected chi connectivity index (χ4v) is 1.78. The number of rotatable bonds is 4. The molecule has 0 aliphatic carbocycles. The molecular weight excluding hydrogens is 275 g/mol. The minimum Gasteiger partial charge on any atom is -0.343 e. The van der Waals surface area contributed by atoms with Crippen molar-refractivity contribution in [3.63, 3.8) is 0 Å². The number of benzene rings is 1. The molecule has 2 aromatic rings. The highest BCUT2D eigenvalue weighted by Gasteiger charge is 2.10. The van der Waals surface area contributed by atoms with Crippen LogP contribution in [0, 0.1) is 12.7 Å². The van der Waals surface area contributed by atoms with Crippen LogP contribution in [0.3, 0.4) is 0 Å². The van der Waals surface area contributed by atoms with Crippen LogP contribution in [0.15, 0.2) is 30.3 Å². The normalized spacial score (nSPS) is 10.2. The summed E-state index contributed by atoms with van der Waals surface area (Å²) in [6.45, 7) is 1.63. The second-order valence-corrected chi connectivity index (χ2v) is 4.53. The molecule has 0 unspecified atom stereocenters. The SMILES string of the molecule is Cc1cc(NC(=O)CNC(=O)c2ccc(F)cc2)n(C)n1. The van der Waals surface area contributed by atoms with Crippen molar-refractivity contribution in [1.29, 1.82) is 0 Å². The zero-order valence-corrected chi connectivity index (χ0v) is 11.7. The van der Waals surface area contributed by atoms with Crippen molar-refractivity contribution in [2.24, 2.45) is 7.05 Å². The Balaban J connectivity index is 1.87. The lowest BCUT2D eigenvalue weighted by Gasteiger charge is -2.07. The predicted molar refractivity (Wildman–Crippen MR) is 75.3 cm³/mol. The number of amides is 2. The fourth-order valence-electron chi connectivity index (χ4n) is 1.78. The Hall–Kier alpha value is -2.70. The maximum Gasteiger partial charge on any atom is 0.251 e. The van der Waals surface area contributed by atoms with Crippen molar-refractivity contribution in [1.82, 2.24) is 15.1 Å². The van der Waals surface area contributed by atoms with E-state index < -0.39 is 11.7 Å². The topological polar surface area (TPSA) is 76.0 Å². The molecule has 6 nitrogen and oxygen atoms in total. The van der Waals surface area contributed by atoms with Crippen LogP contribution in [0.25, 0.3) is 0 Å². The Morgan fingerprint density at radius 3 is 2.52 bits per heavy atom. The van der Waals surface area contributed by atoms with Crippen molar-refractivity contribution in [3.8, 4) is 0 Å². The molecule has 1 aromatic heterocycles. The van der Waals surface area contributed by atoms with Crippen LogP contribution >= 0.6 is 0 Å². The van der Waals surface area contributed by atoms with Crippen LogP contribution in [-0.2, 0) is 11.8 Å². The van der Waals surface area contributed by atoms with Gasteiger partial charge in [-0.3, -0.25) is 14.3 Å². The molecule has 2 N–H and O–H groups in total. The molecule has 0 saturated carbocycles. The molecule has 2 rings (SSSR count). The smallest absolute Gasteiger partial charge is 0.251 e. The Morgan fingerprint density at radius 1 is 1.29 bits per heavy atom. The number of hydrogen-bond acceptors (Lipinski definition) is 3. The molecule has 7 heteroatoms. The standard InChI is InChI=1S/C14H15FN4O2/c1-9-7-12(19(2)18-9)17-13(20)8-16-14(21)10-3-5-11(15)6-4-10/h3-7H,8H2,1-2H3,(H,16,21)(H,17,20). The maximum atomic E-state index is 12.7. The lowest BCUT2D eigenvalue weighted by atomic mass is 10.2. The minimum absolute atomic E-state index is 0.180. The first-order chi connectivity index (χ1) is 9.95. The lowest BCUT2D eigenvalue weighted by Crippen LogP contribution is -2.33. The van der Waals surface area contributed by atoms with E-state index in [0.29, 0.717) is 11.4 Å². The monoisotopic (exact) mass is 290 g/mol. The van der Waals surface area contributed by atoms with E-state index in [9.17, 15) is 14.0 Å². The number of aryl methyl sites for hydroxylation is 2. The Labute approximate surface area is 121 Å². The van der Waals surface area contributed by atoms with E-state index in [1.807, 2.05) is 6.92 Å². The third-order valence-corrected chi connectivity index (χ3v) is 2.79. The molecule has 1 aromatic carbocycles. The average molecular weight is 290 g/mol. The Bertz CT molecular complexity index is 664. The number of hydrogen-bond donors (Lipinski definition) is 2. The van der Waals surface area contributed by atoms with Crippen molar-refractivity contribution < 1.29 is 14.0 Å². The first kappa shape index (κ1) is 14.7. The third-order valence-electron chi connectivity index (χ3n) is 2.79. The van der Waals surface area contributed by atoms with Gasteiger partial charge in [-0.15, -0.1) is 0 Å². The molecule has 0 spiro atoms. The molecule has 0 atom stereocenters. The highest BCUT2D eigenvalue weighted by Crippen LogP contribution is 2.07. The molecule has 0 aliphatic rings. The molecule has 0 saturated heterocycles. The summed E-state index contributed by atoms with van der Waals surface area (Å²) in [7, 11) is 1.71. The highest BCUT2D eigenvalue weighted by atomic mass is 19.1. The number of aromatic nitrogens is 2. The van der Waals surface area contributed by atoms with E-state index in [1.165, 1.54) is 28.9 Å². The second-order valence-electron chi connectivity index (χ2n) is 4.53. The molecule has 0 radical (unpaired) electrons. The zero-order valence-electron chi connectivity index (χ0n) is 11.7. The third kappa shape index (κ3) is 3.88. The molecule has 0 fully saturated rings. The van der Waals surface area contributed by atoms with Gasteiger partial charge >= 0.3 is 0 Å². The van der Waals surface area contributed by atoms with E-state index in [2.05, 4.69) is 15.7 Å². The Morgan fingerprint density at radius 2 is 1.95 bits per heavy atom. The predicted octanol–water partition coefficient (Wildman–Crippen LogP) is 1.24.